The summed E-state index contributed by atoms with van der Waals surface area (Å²) >= 11 is 0. The predicted molar refractivity (Wildman–Crippen MR) is 70.9 cm³/mol. The molecule has 20 heavy (non-hydrogen) atoms. The van der Waals surface area contributed by atoms with Gasteiger partial charge in [0.15, 0.2) is 5.69 Å². The second-order valence-electron chi connectivity index (χ2n) is 4.07. The van der Waals surface area contributed by atoms with E-state index in [4.69, 9.17) is 10.5 Å². The van der Waals surface area contributed by atoms with Gasteiger partial charge in [-0.05, 0) is 13.8 Å². The molecule has 2 N–H and O–H groups in total. The first-order valence-corrected chi connectivity index (χ1v) is 5.81. The topological polar surface area (TPSA) is 105 Å². The third-order valence-corrected chi connectivity index (χ3v) is 2.69. The summed E-state index contributed by atoms with van der Waals surface area (Å²) < 4.78 is 11.2. The van der Waals surface area contributed by atoms with Crippen molar-refractivity contribution in [2.75, 3.05) is 20.0 Å². The molecule has 0 radical (unpaired) electrons. The molecule has 0 aromatic carbocycles. The number of nitrogens with zero attached hydrogens (tertiary/aromatic N) is 4. The van der Waals surface area contributed by atoms with E-state index in [0.29, 0.717) is 23.3 Å². The Kier molecular flexibility index (Phi) is 3.55. The van der Waals surface area contributed by atoms with Crippen molar-refractivity contribution in [1.82, 2.24) is 19.5 Å². The molecule has 2 aromatic heterocycles. The van der Waals surface area contributed by atoms with Gasteiger partial charge < -0.3 is 15.2 Å². The van der Waals surface area contributed by atoms with Gasteiger partial charge in [0.25, 0.3) is 0 Å². The fraction of sp³-hybridized carbons (Fsp3) is 0.333. The van der Waals surface area contributed by atoms with Crippen molar-refractivity contribution in [3.63, 3.8) is 0 Å². The third-order valence-electron chi connectivity index (χ3n) is 2.69. The maximum absolute atomic E-state index is 11.6. The summed E-state index contributed by atoms with van der Waals surface area (Å²) in [7, 11) is 2.78. The zero-order chi connectivity index (χ0) is 14.9. The molecule has 0 unspecified atom stereocenters. The Morgan fingerprint density at radius 3 is 2.55 bits per heavy atom. The quantitative estimate of drug-likeness (QED) is 0.821. The molecular formula is C12H15N5O3. The van der Waals surface area contributed by atoms with Crippen LogP contribution in [0.3, 0.4) is 0 Å². The number of carbonyl (C=O) groups is 1. The highest BCUT2D eigenvalue weighted by Gasteiger charge is 2.21. The third kappa shape index (κ3) is 2.27. The Labute approximate surface area is 115 Å². The first-order chi connectivity index (χ1) is 9.47. The zero-order valence-corrected chi connectivity index (χ0v) is 11.7. The standard InChI is InChI=1S/C12H15N5O3/c1-6-5-8(19-3)16-12(14-6)17-7(2)15-9(10(17)13)11(18)20-4/h5H,13H2,1-4H3. The van der Waals surface area contributed by atoms with Crippen molar-refractivity contribution >= 4 is 11.8 Å². The van der Waals surface area contributed by atoms with E-state index in [2.05, 4.69) is 19.7 Å². The Hall–Kier alpha value is -2.64. The van der Waals surface area contributed by atoms with Gasteiger partial charge in [-0.1, -0.05) is 0 Å². The highest BCUT2D eigenvalue weighted by molar-refractivity contribution is 5.92. The lowest BCUT2D eigenvalue weighted by molar-refractivity contribution is 0.0596. The minimum atomic E-state index is -0.607. The minimum absolute atomic E-state index is 0.0362. The van der Waals surface area contributed by atoms with Gasteiger partial charge in [-0.2, -0.15) is 4.98 Å². The normalized spacial score (nSPS) is 10.4. The SMILES string of the molecule is COC(=O)c1nc(C)n(-c2nc(C)cc(OC)n2)c1N. The smallest absolute Gasteiger partial charge is 0.360 e. The van der Waals surface area contributed by atoms with Crippen molar-refractivity contribution in [1.29, 1.82) is 0 Å². The number of esters is 1. The number of aromatic nitrogens is 4. The Morgan fingerprint density at radius 1 is 1.25 bits per heavy atom. The number of ether oxygens (including phenoxy) is 2. The van der Waals surface area contributed by atoms with Crippen molar-refractivity contribution in [3.05, 3.63) is 23.3 Å². The summed E-state index contributed by atoms with van der Waals surface area (Å²) in [6, 6.07) is 1.69. The summed E-state index contributed by atoms with van der Waals surface area (Å²) in [5, 5.41) is 0. The van der Waals surface area contributed by atoms with Crippen LogP contribution in [-0.4, -0.2) is 39.7 Å². The molecule has 0 amide bonds. The zero-order valence-electron chi connectivity index (χ0n) is 11.7. The first kappa shape index (κ1) is 13.8. The van der Waals surface area contributed by atoms with Crippen LogP contribution < -0.4 is 10.5 Å². The monoisotopic (exact) mass is 277 g/mol. The van der Waals surface area contributed by atoms with E-state index < -0.39 is 5.97 Å². The van der Waals surface area contributed by atoms with Crippen LogP contribution in [0.4, 0.5) is 5.82 Å². The van der Waals surface area contributed by atoms with Crippen molar-refractivity contribution in [3.8, 4) is 11.8 Å². The van der Waals surface area contributed by atoms with E-state index in [1.807, 2.05) is 0 Å². The van der Waals surface area contributed by atoms with Crippen LogP contribution in [0.1, 0.15) is 22.0 Å². The van der Waals surface area contributed by atoms with Gasteiger partial charge in [0.05, 0.1) is 14.2 Å². The van der Waals surface area contributed by atoms with E-state index in [1.54, 1.807) is 19.9 Å². The number of rotatable bonds is 3. The molecule has 2 heterocycles. The van der Waals surface area contributed by atoms with Gasteiger partial charge in [0.1, 0.15) is 11.6 Å². The number of aryl methyl sites for hydroxylation is 2. The number of anilines is 1. The molecular weight excluding hydrogens is 262 g/mol. The molecule has 0 spiro atoms. The average molecular weight is 277 g/mol. The van der Waals surface area contributed by atoms with Gasteiger partial charge in [0, 0.05) is 11.8 Å². The van der Waals surface area contributed by atoms with E-state index >= 15 is 0 Å². The van der Waals surface area contributed by atoms with Gasteiger partial charge >= 0.3 is 5.97 Å². The molecule has 8 heteroatoms. The number of hydrogen-bond acceptors (Lipinski definition) is 7. The largest absolute Gasteiger partial charge is 0.481 e. The van der Waals surface area contributed by atoms with E-state index in [9.17, 15) is 4.79 Å². The summed E-state index contributed by atoms with van der Waals surface area (Å²) in [6.45, 7) is 3.50. The molecule has 8 nitrogen and oxygen atoms in total. The highest BCUT2D eigenvalue weighted by Crippen LogP contribution is 2.20. The number of imidazole rings is 1. The van der Waals surface area contributed by atoms with E-state index in [0.717, 1.165) is 0 Å². The van der Waals surface area contributed by atoms with Crippen LogP contribution in [0.2, 0.25) is 0 Å². The average Bonchev–Trinajstić information content (AvgIpc) is 2.72. The van der Waals surface area contributed by atoms with Gasteiger partial charge in [-0.15, -0.1) is 0 Å². The second kappa shape index (κ2) is 5.16. The number of nitrogens with two attached hydrogens (primary N) is 1. The maximum Gasteiger partial charge on any atom is 0.360 e. The first-order valence-electron chi connectivity index (χ1n) is 5.81. The molecule has 0 aliphatic rings. The Balaban J connectivity index is 2.61. The molecule has 0 bridgehead atoms. The van der Waals surface area contributed by atoms with Gasteiger partial charge in [-0.25, -0.2) is 19.3 Å². The minimum Gasteiger partial charge on any atom is -0.481 e. The van der Waals surface area contributed by atoms with Crippen LogP contribution in [-0.2, 0) is 4.74 Å². The van der Waals surface area contributed by atoms with Crippen LogP contribution >= 0.6 is 0 Å². The summed E-state index contributed by atoms with van der Waals surface area (Å²) in [4.78, 5) is 24.1. The molecule has 2 aromatic rings. The van der Waals surface area contributed by atoms with Gasteiger partial charge in [-0.3, -0.25) is 0 Å². The number of methoxy groups -OCH3 is 2. The molecule has 0 aliphatic heterocycles. The van der Waals surface area contributed by atoms with Crippen LogP contribution in [0.5, 0.6) is 5.88 Å². The predicted octanol–water partition coefficient (Wildman–Crippen LogP) is 0.657. The fourth-order valence-electron chi connectivity index (χ4n) is 1.78. The van der Waals surface area contributed by atoms with Crippen LogP contribution in [0.15, 0.2) is 6.07 Å². The number of hydrogen-bond donors (Lipinski definition) is 1. The molecule has 2 rings (SSSR count). The molecule has 106 valence electrons. The fourth-order valence-corrected chi connectivity index (χ4v) is 1.78. The van der Waals surface area contributed by atoms with Gasteiger partial charge in [0.2, 0.25) is 11.8 Å². The lowest BCUT2D eigenvalue weighted by Gasteiger charge is -2.08. The summed E-state index contributed by atoms with van der Waals surface area (Å²) in [5.41, 5.74) is 6.68. The van der Waals surface area contributed by atoms with E-state index in [1.165, 1.54) is 18.8 Å². The number of nitrogen functional groups attached to an aromatic ring is 1. The molecule has 0 atom stereocenters. The highest BCUT2D eigenvalue weighted by atomic mass is 16.5. The van der Waals surface area contributed by atoms with Crippen LogP contribution in [0.25, 0.3) is 5.95 Å². The van der Waals surface area contributed by atoms with E-state index in [-0.39, 0.29) is 11.5 Å². The molecule has 0 fully saturated rings. The maximum atomic E-state index is 11.6. The van der Waals surface area contributed by atoms with Crippen molar-refractivity contribution < 1.29 is 14.3 Å². The lowest BCUT2D eigenvalue weighted by atomic mass is 10.4. The Bertz CT molecular complexity index is 665. The molecule has 0 saturated heterocycles. The lowest BCUT2D eigenvalue weighted by Crippen LogP contribution is -2.10. The molecule has 0 aliphatic carbocycles. The Morgan fingerprint density at radius 2 is 1.95 bits per heavy atom. The number of carbonyl (C=O) groups excluding carboxylic acids is 1. The van der Waals surface area contributed by atoms with Crippen molar-refractivity contribution in [2.45, 2.75) is 13.8 Å². The summed E-state index contributed by atoms with van der Waals surface area (Å²) in [6.07, 6.45) is 0. The van der Waals surface area contributed by atoms with Crippen molar-refractivity contribution in [2.24, 2.45) is 0 Å². The summed E-state index contributed by atoms with van der Waals surface area (Å²) in [5.74, 6) is 0.695. The van der Waals surface area contributed by atoms with Crippen LogP contribution in [0, 0.1) is 13.8 Å². The molecule has 0 saturated carbocycles. The second-order valence-corrected chi connectivity index (χ2v) is 4.07.